The maximum absolute atomic E-state index is 12.4. The first-order valence-electron chi connectivity index (χ1n) is 7.09. The molecule has 0 radical (unpaired) electrons. The first-order valence-corrected chi connectivity index (χ1v) is 8.03. The zero-order valence-corrected chi connectivity index (χ0v) is 12.6. The number of amides is 1. The Balaban J connectivity index is 1.62. The molecule has 0 fully saturated rings. The zero-order valence-electron chi connectivity index (χ0n) is 11.8. The third kappa shape index (κ3) is 2.14. The summed E-state index contributed by atoms with van der Waals surface area (Å²) in [6, 6.07) is 3.72. The van der Waals surface area contributed by atoms with Gasteiger partial charge in [0.05, 0.1) is 18.7 Å². The fourth-order valence-corrected chi connectivity index (χ4v) is 3.49. The molecule has 1 aliphatic heterocycles. The van der Waals surface area contributed by atoms with Crippen molar-refractivity contribution in [1.82, 2.24) is 19.5 Å². The number of hydrogen-bond acceptors (Lipinski definition) is 4. The maximum Gasteiger partial charge on any atom is 0.276 e. The summed E-state index contributed by atoms with van der Waals surface area (Å²) in [5.41, 5.74) is 3.00. The smallest absolute Gasteiger partial charge is 0.276 e. The van der Waals surface area contributed by atoms with Crippen LogP contribution in [0.15, 0.2) is 33.9 Å². The van der Waals surface area contributed by atoms with E-state index in [1.54, 1.807) is 28.5 Å². The van der Waals surface area contributed by atoms with Crippen LogP contribution in [0.3, 0.4) is 0 Å². The molecule has 1 N–H and O–H groups in total. The van der Waals surface area contributed by atoms with Gasteiger partial charge in [0.25, 0.3) is 5.56 Å². The van der Waals surface area contributed by atoms with E-state index in [9.17, 15) is 9.59 Å². The van der Waals surface area contributed by atoms with Crippen LogP contribution in [0.5, 0.6) is 0 Å². The highest BCUT2D eigenvalue weighted by Gasteiger charge is 2.25. The first kappa shape index (κ1) is 13.3. The largest absolute Gasteiger partial charge is 0.336 e. The Hall–Kier alpha value is -2.41. The van der Waals surface area contributed by atoms with Crippen LogP contribution in [0.2, 0.25) is 0 Å². The van der Waals surface area contributed by atoms with Gasteiger partial charge < -0.3 is 4.90 Å². The molecule has 3 aromatic heterocycles. The number of H-pyrrole nitrogens is 1. The summed E-state index contributed by atoms with van der Waals surface area (Å²) in [6.07, 6.45) is 2.65. The number of nitrogens with one attached hydrogen (secondary N) is 1. The van der Waals surface area contributed by atoms with Crippen molar-refractivity contribution in [1.29, 1.82) is 0 Å². The molecule has 0 aliphatic carbocycles. The van der Waals surface area contributed by atoms with Gasteiger partial charge in [-0.1, -0.05) is 0 Å². The highest BCUT2D eigenvalue weighted by molar-refractivity contribution is 7.07. The van der Waals surface area contributed by atoms with Crippen LogP contribution < -0.4 is 5.56 Å². The third-order valence-electron chi connectivity index (χ3n) is 3.98. The third-order valence-corrected chi connectivity index (χ3v) is 4.72. The molecule has 0 aromatic carbocycles. The van der Waals surface area contributed by atoms with Crippen molar-refractivity contribution in [2.24, 2.45) is 0 Å². The first-order chi connectivity index (χ1) is 10.7. The normalized spacial score (nSPS) is 14.3. The molecule has 22 heavy (non-hydrogen) atoms. The van der Waals surface area contributed by atoms with E-state index in [-0.39, 0.29) is 11.5 Å². The van der Waals surface area contributed by atoms with E-state index >= 15 is 0 Å². The van der Waals surface area contributed by atoms with Crippen LogP contribution in [0.25, 0.3) is 5.65 Å². The Kier molecular flexibility index (Phi) is 3.07. The van der Waals surface area contributed by atoms with Crippen molar-refractivity contribution in [2.45, 2.75) is 19.4 Å². The molecule has 1 aliphatic rings. The average molecular weight is 314 g/mol. The highest BCUT2D eigenvalue weighted by atomic mass is 32.1. The Labute approximate surface area is 130 Å². The van der Waals surface area contributed by atoms with Gasteiger partial charge in [0.1, 0.15) is 0 Å². The van der Waals surface area contributed by atoms with E-state index in [4.69, 9.17) is 0 Å². The minimum absolute atomic E-state index is 0.0602. The van der Waals surface area contributed by atoms with Gasteiger partial charge in [0.15, 0.2) is 5.65 Å². The van der Waals surface area contributed by atoms with Crippen molar-refractivity contribution in [3.8, 4) is 0 Å². The van der Waals surface area contributed by atoms with Gasteiger partial charge in [-0.15, -0.1) is 0 Å². The quantitative estimate of drug-likeness (QED) is 0.773. The van der Waals surface area contributed by atoms with E-state index in [1.165, 1.54) is 4.52 Å². The Bertz CT molecular complexity index is 894. The molecule has 6 nitrogen and oxygen atoms in total. The Morgan fingerprint density at radius 2 is 2.32 bits per heavy atom. The molecule has 4 rings (SSSR count). The highest BCUT2D eigenvalue weighted by Crippen LogP contribution is 2.17. The fraction of sp³-hybridized carbons (Fsp3) is 0.267. The van der Waals surface area contributed by atoms with Crippen molar-refractivity contribution in [2.75, 3.05) is 6.54 Å². The summed E-state index contributed by atoms with van der Waals surface area (Å²) >= 11 is 1.59. The maximum atomic E-state index is 12.4. The van der Waals surface area contributed by atoms with Crippen LogP contribution in [0.1, 0.15) is 16.8 Å². The van der Waals surface area contributed by atoms with Gasteiger partial charge in [-0.05, 0) is 28.8 Å². The molecule has 0 unspecified atom stereocenters. The standard InChI is InChI=1S/C15H14N4O2S/c20-14(7-10-3-6-22-9-10)18-5-2-11-12(8-18)17-13-1-4-16-19(13)15(11)21/h1,3-4,6,9,16H,2,5,7-8H2. The van der Waals surface area contributed by atoms with Gasteiger partial charge in [-0.3, -0.25) is 14.7 Å². The van der Waals surface area contributed by atoms with Crippen LogP contribution in [-0.2, 0) is 24.2 Å². The molecule has 0 spiro atoms. The molecule has 0 saturated carbocycles. The molecule has 4 heterocycles. The predicted octanol–water partition coefficient (Wildman–Crippen LogP) is 1.21. The number of rotatable bonds is 2. The number of carbonyl (C=O) groups excluding carboxylic acids is 1. The van der Waals surface area contributed by atoms with Gasteiger partial charge in [0, 0.05) is 24.4 Å². The van der Waals surface area contributed by atoms with Crippen LogP contribution in [0.4, 0.5) is 0 Å². The lowest BCUT2D eigenvalue weighted by atomic mass is 10.1. The number of nitrogens with zero attached hydrogens (tertiary/aromatic N) is 3. The van der Waals surface area contributed by atoms with Crippen molar-refractivity contribution in [3.63, 3.8) is 0 Å². The monoisotopic (exact) mass is 314 g/mol. The van der Waals surface area contributed by atoms with E-state index in [0.717, 1.165) is 11.3 Å². The van der Waals surface area contributed by atoms with Crippen LogP contribution >= 0.6 is 11.3 Å². The van der Waals surface area contributed by atoms with Gasteiger partial charge in [0.2, 0.25) is 5.91 Å². The number of hydrogen-bond donors (Lipinski definition) is 1. The molecule has 1 amide bonds. The zero-order chi connectivity index (χ0) is 15.1. The summed E-state index contributed by atoms with van der Waals surface area (Å²) < 4.78 is 1.45. The Morgan fingerprint density at radius 1 is 1.41 bits per heavy atom. The molecule has 3 aromatic rings. The summed E-state index contributed by atoms with van der Waals surface area (Å²) in [6.45, 7) is 0.981. The molecular weight excluding hydrogens is 300 g/mol. The van der Waals surface area contributed by atoms with E-state index in [0.29, 0.717) is 37.1 Å². The van der Waals surface area contributed by atoms with Gasteiger partial charge in [-0.2, -0.15) is 11.3 Å². The lowest BCUT2D eigenvalue weighted by Crippen LogP contribution is -2.40. The average Bonchev–Trinajstić information content (AvgIpc) is 3.18. The predicted molar refractivity (Wildman–Crippen MR) is 83.0 cm³/mol. The lowest BCUT2D eigenvalue weighted by Gasteiger charge is -2.27. The van der Waals surface area contributed by atoms with Crippen molar-refractivity contribution < 1.29 is 4.79 Å². The lowest BCUT2D eigenvalue weighted by molar-refractivity contribution is -0.131. The van der Waals surface area contributed by atoms with Gasteiger partial charge >= 0.3 is 0 Å². The van der Waals surface area contributed by atoms with E-state index < -0.39 is 0 Å². The second-order valence-corrected chi connectivity index (χ2v) is 6.15. The van der Waals surface area contributed by atoms with Crippen molar-refractivity contribution >= 4 is 22.9 Å². The van der Waals surface area contributed by atoms with Crippen LogP contribution in [0, 0.1) is 0 Å². The SMILES string of the molecule is O=C(Cc1ccsc1)N1CCc2c(nc3cc[nH]n3c2=O)C1. The molecule has 0 bridgehead atoms. The minimum atomic E-state index is -0.0602. The van der Waals surface area contributed by atoms with E-state index in [1.807, 2.05) is 16.8 Å². The second-order valence-electron chi connectivity index (χ2n) is 5.37. The van der Waals surface area contributed by atoms with Crippen molar-refractivity contribution in [3.05, 3.63) is 56.3 Å². The molecule has 0 atom stereocenters. The fourth-order valence-electron chi connectivity index (χ4n) is 2.82. The number of fused-ring (bicyclic) bond motifs is 2. The van der Waals surface area contributed by atoms with Crippen LogP contribution in [-0.4, -0.2) is 31.9 Å². The number of thiophene rings is 1. The molecule has 7 heteroatoms. The topological polar surface area (TPSA) is 70.5 Å². The molecule has 112 valence electrons. The Morgan fingerprint density at radius 3 is 3.14 bits per heavy atom. The number of aromatic amines is 1. The summed E-state index contributed by atoms with van der Waals surface area (Å²) in [5.74, 6) is 0.0834. The summed E-state index contributed by atoms with van der Waals surface area (Å²) in [5, 5.41) is 6.83. The van der Waals surface area contributed by atoms with Gasteiger partial charge in [-0.25, -0.2) is 9.50 Å². The summed E-state index contributed by atoms with van der Waals surface area (Å²) in [7, 11) is 0. The van der Waals surface area contributed by atoms with E-state index in [2.05, 4.69) is 10.1 Å². The number of carbonyl (C=O) groups is 1. The number of aromatic nitrogens is 3. The molecule has 0 saturated heterocycles. The molecular formula is C15H14N4O2S. The second kappa shape index (κ2) is 5.10. The minimum Gasteiger partial charge on any atom is -0.336 e. The summed E-state index contributed by atoms with van der Waals surface area (Å²) in [4.78, 5) is 31.0.